The highest BCUT2D eigenvalue weighted by atomic mass is 28.4. The molecule has 0 aromatic carbocycles. The fourth-order valence-corrected chi connectivity index (χ4v) is 5.33. The van der Waals surface area contributed by atoms with Gasteiger partial charge in [0.05, 0.1) is 0 Å². The highest BCUT2D eigenvalue weighted by Crippen LogP contribution is 2.20. The van der Waals surface area contributed by atoms with E-state index in [9.17, 15) is 0 Å². The minimum absolute atomic E-state index is 0.791. The fourth-order valence-electron chi connectivity index (χ4n) is 3.24. The lowest BCUT2D eigenvalue weighted by Gasteiger charge is -2.26. The summed E-state index contributed by atoms with van der Waals surface area (Å²) in [7, 11) is 1.10. The first-order valence-electron chi connectivity index (χ1n) is 11.0. The molecule has 0 aromatic rings. The van der Waals surface area contributed by atoms with E-state index < -0.39 is 8.80 Å². The molecule has 0 saturated carbocycles. The minimum Gasteiger partial charge on any atom is -0.377 e. The Balaban J connectivity index is 3.66. The van der Waals surface area contributed by atoms with Crippen LogP contribution in [-0.4, -0.2) is 29.6 Å². The van der Waals surface area contributed by atoms with Gasteiger partial charge in [0.2, 0.25) is 0 Å². The standard InChI is InChI=1S/C21H46O3Si/c1-5-7-9-11-13-14-15-16-18-20-24-25(22-3,23-4)21-19-17-12-10-8-6-2/h5-21H2,1-4H3. The Hall–Kier alpha value is 0.0969. The summed E-state index contributed by atoms with van der Waals surface area (Å²) < 4.78 is 17.5. The molecule has 0 radical (unpaired) electrons. The van der Waals surface area contributed by atoms with Crippen LogP contribution < -0.4 is 0 Å². The molecule has 0 unspecified atom stereocenters. The maximum Gasteiger partial charge on any atom is 0.500 e. The van der Waals surface area contributed by atoms with Gasteiger partial charge in [-0.2, -0.15) is 0 Å². The smallest absolute Gasteiger partial charge is 0.377 e. The molecule has 0 amide bonds. The second kappa shape index (κ2) is 18.9. The van der Waals surface area contributed by atoms with Gasteiger partial charge in [-0.1, -0.05) is 97.3 Å². The topological polar surface area (TPSA) is 27.7 Å². The molecule has 0 fully saturated rings. The van der Waals surface area contributed by atoms with Crippen LogP contribution in [0.25, 0.3) is 0 Å². The second-order valence-electron chi connectivity index (χ2n) is 7.29. The van der Waals surface area contributed by atoms with Crippen LogP contribution in [0.1, 0.15) is 110 Å². The van der Waals surface area contributed by atoms with Crippen LogP contribution in [0.5, 0.6) is 0 Å². The Labute approximate surface area is 159 Å². The summed E-state index contributed by atoms with van der Waals surface area (Å²) in [6.07, 6.45) is 19.8. The van der Waals surface area contributed by atoms with Crippen molar-refractivity contribution in [3.8, 4) is 0 Å². The highest BCUT2D eigenvalue weighted by molar-refractivity contribution is 6.60. The normalized spacial score (nSPS) is 12.0. The van der Waals surface area contributed by atoms with Crippen molar-refractivity contribution in [3.63, 3.8) is 0 Å². The molecule has 4 heteroatoms. The van der Waals surface area contributed by atoms with E-state index in [0.717, 1.165) is 25.5 Å². The Morgan fingerprint density at radius 3 is 1.36 bits per heavy atom. The first kappa shape index (κ1) is 25.1. The van der Waals surface area contributed by atoms with E-state index in [2.05, 4.69) is 13.8 Å². The third kappa shape index (κ3) is 14.9. The lowest BCUT2D eigenvalue weighted by molar-refractivity contribution is 0.0955. The molecule has 0 atom stereocenters. The van der Waals surface area contributed by atoms with Gasteiger partial charge in [0.15, 0.2) is 0 Å². The van der Waals surface area contributed by atoms with E-state index in [-0.39, 0.29) is 0 Å². The average Bonchev–Trinajstić information content (AvgIpc) is 2.64. The van der Waals surface area contributed by atoms with Gasteiger partial charge in [-0.15, -0.1) is 0 Å². The van der Waals surface area contributed by atoms with Gasteiger partial charge in [0, 0.05) is 26.9 Å². The molecule has 0 aliphatic carbocycles. The molecular weight excluding hydrogens is 328 g/mol. The summed E-state index contributed by atoms with van der Waals surface area (Å²) in [5.41, 5.74) is 0. The molecule has 0 heterocycles. The SMILES string of the molecule is CCCCCCCCCCCO[Si](CCCCCCCC)(OC)OC. The molecule has 0 rings (SSSR count). The van der Waals surface area contributed by atoms with Gasteiger partial charge in [-0.05, 0) is 12.8 Å². The zero-order valence-electron chi connectivity index (χ0n) is 17.7. The fraction of sp³-hybridized carbons (Fsp3) is 1.00. The summed E-state index contributed by atoms with van der Waals surface area (Å²) in [5.74, 6) is 0. The Bertz CT molecular complexity index is 258. The average molecular weight is 375 g/mol. The third-order valence-corrected chi connectivity index (χ3v) is 7.88. The van der Waals surface area contributed by atoms with Gasteiger partial charge < -0.3 is 13.3 Å². The predicted molar refractivity (Wildman–Crippen MR) is 111 cm³/mol. The van der Waals surface area contributed by atoms with E-state index in [0.29, 0.717) is 0 Å². The van der Waals surface area contributed by atoms with E-state index in [1.54, 1.807) is 14.2 Å². The molecule has 0 bridgehead atoms. The molecule has 25 heavy (non-hydrogen) atoms. The minimum atomic E-state index is -2.40. The lowest BCUT2D eigenvalue weighted by Crippen LogP contribution is -2.44. The summed E-state index contributed by atoms with van der Waals surface area (Å²) in [5, 5.41) is 0. The van der Waals surface area contributed by atoms with Crippen LogP contribution >= 0.6 is 0 Å². The molecule has 0 aromatic heterocycles. The van der Waals surface area contributed by atoms with Crippen molar-refractivity contribution in [1.29, 1.82) is 0 Å². The maximum absolute atomic E-state index is 6.11. The zero-order chi connectivity index (χ0) is 18.6. The predicted octanol–water partition coefficient (Wildman–Crippen LogP) is 7.13. The molecule has 0 spiro atoms. The zero-order valence-corrected chi connectivity index (χ0v) is 18.7. The van der Waals surface area contributed by atoms with E-state index >= 15 is 0 Å². The van der Waals surface area contributed by atoms with Crippen LogP contribution in [0.4, 0.5) is 0 Å². The van der Waals surface area contributed by atoms with Crippen LogP contribution in [0, 0.1) is 0 Å². The van der Waals surface area contributed by atoms with Crippen molar-refractivity contribution >= 4 is 8.80 Å². The monoisotopic (exact) mass is 374 g/mol. The van der Waals surface area contributed by atoms with Gasteiger partial charge in [0.1, 0.15) is 0 Å². The number of unbranched alkanes of at least 4 members (excludes halogenated alkanes) is 13. The molecular formula is C21H46O3Si. The molecule has 152 valence electrons. The summed E-state index contributed by atoms with van der Waals surface area (Å²) >= 11 is 0. The van der Waals surface area contributed by atoms with Crippen LogP contribution in [0.3, 0.4) is 0 Å². The Morgan fingerprint density at radius 1 is 0.520 bits per heavy atom. The van der Waals surface area contributed by atoms with Gasteiger partial charge >= 0.3 is 8.80 Å². The van der Waals surface area contributed by atoms with Gasteiger partial charge in [0.25, 0.3) is 0 Å². The molecule has 0 aliphatic heterocycles. The Morgan fingerprint density at radius 2 is 0.920 bits per heavy atom. The first-order chi connectivity index (χ1) is 12.2. The first-order valence-corrected chi connectivity index (χ1v) is 12.9. The van der Waals surface area contributed by atoms with Crippen molar-refractivity contribution in [2.75, 3.05) is 20.8 Å². The molecule has 3 nitrogen and oxygen atoms in total. The lowest BCUT2D eigenvalue weighted by atomic mass is 10.1. The molecule has 0 saturated heterocycles. The van der Waals surface area contributed by atoms with Crippen molar-refractivity contribution in [3.05, 3.63) is 0 Å². The van der Waals surface area contributed by atoms with Crippen molar-refractivity contribution < 1.29 is 13.3 Å². The maximum atomic E-state index is 6.11. The van der Waals surface area contributed by atoms with Crippen molar-refractivity contribution in [1.82, 2.24) is 0 Å². The quantitative estimate of drug-likeness (QED) is 0.168. The van der Waals surface area contributed by atoms with E-state index in [1.807, 2.05) is 0 Å². The van der Waals surface area contributed by atoms with Gasteiger partial charge in [-0.25, -0.2) is 0 Å². The van der Waals surface area contributed by atoms with Crippen LogP contribution in [0.2, 0.25) is 6.04 Å². The third-order valence-electron chi connectivity index (χ3n) is 5.03. The second-order valence-corrected chi connectivity index (χ2v) is 10.3. The highest BCUT2D eigenvalue weighted by Gasteiger charge is 2.37. The number of hydrogen-bond donors (Lipinski definition) is 0. The van der Waals surface area contributed by atoms with Crippen molar-refractivity contribution in [2.45, 2.75) is 116 Å². The van der Waals surface area contributed by atoms with E-state index in [1.165, 1.54) is 83.5 Å². The molecule has 0 N–H and O–H groups in total. The van der Waals surface area contributed by atoms with Crippen LogP contribution in [-0.2, 0) is 13.3 Å². The van der Waals surface area contributed by atoms with E-state index in [4.69, 9.17) is 13.3 Å². The summed E-state index contributed by atoms with van der Waals surface area (Å²) in [4.78, 5) is 0. The molecule has 0 aliphatic rings. The summed E-state index contributed by atoms with van der Waals surface area (Å²) in [6, 6.07) is 0.962. The Kier molecular flexibility index (Phi) is 18.9. The number of rotatable bonds is 20. The van der Waals surface area contributed by atoms with Crippen molar-refractivity contribution in [2.24, 2.45) is 0 Å². The van der Waals surface area contributed by atoms with Gasteiger partial charge in [-0.3, -0.25) is 0 Å². The van der Waals surface area contributed by atoms with Crippen LogP contribution in [0.15, 0.2) is 0 Å². The largest absolute Gasteiger partial charge is 0.500 e. The number of hydrogen-bond acceptors (Lipinski definition) is 3. The summed E-state index contributed by atoms with van der Waals surface area (Å²) in [6.45, 7) is 5.32.